The Labute approximate surface area is 164 Å². The summed E-state index contributed by atoms with van der Waals surface area (Å²) in [4.78, 5) is 12.7. The topological polar surface area (TPSA) is 70.7 Å². The largest absolute Gasteiger partial charge is 0.348 e. The normalized spacial score (nSPS) is 19.9. The molecule has 28 heavy (non-hydrogen) atoms. The quantitative estimate of drug-likeness (QED) is 0.637. The van der Waals surface area contributed by atoms with Crippen LogP contribution in [0.25, 0.3) is 11.8 Å². The monoisotopic (exact) mass is 380 g/mol. The van der Waals surface area contributed by atoms with Crippen molar-refractivity contribution in [1.29, 1.82) is 5.26 Å². The Morgan fingerprint density at radius 3 is 2.61 bits per heavy atom. The van der Waals surface area contributed by atoms with Crippen LogP contribution < -0.4 is 5.32 Å². The number of aromatic nitrogens is 2. The molecule has 0 spiro atoms. The average molecular weight is 380 g/mol. The van der Waals surface area contributed by atoms with E-state index in [2.05, 4.69) is 17.3 Å². The molecule has 6 heteroatoms. The van der Waals surface area contributed by atoms with Crippen LogP contribution in [0.1, 0.15) is 49.6 Å². The summed E-state index contributed by atoms with van der Waals surface area (Å²) >= 11 is 0. The Morgan fingerprint density at radius 1 is 1.29 bits per heavy atom. The van der Waals surface area contributed by atoms with Crippen molar-refractivity contribution in [3.8, 4) is 11.8 Å². The van der Waals surface area contributed by atoms with Crippen LogP contribution in [0.5, 0.6) is 0 Å². The highest BCUT2D eigenvalue weighted by Gasteiger charge is 2.24. The van der Waals surface area contributed by atoms with Crippen molar-refractivity contribution in [3.63, 3.8) is 0 Å². The minimum Gasteiger partial charge on any atom is -0.348 e. The molecule has 1 saturated carbocycles. The van der Waals surface area contributed by atoms with Gasteiger partial charge < -0.3 is 5.32 Å². The van der Waals surface area contributed by atoms with Gasteiger partial charge in [-0.25, -0.2) is 9.07 Å². The molecule has 0 aliphatic heterocycles. The number of nitrogens with zero attached hydrogens (tertiary/aromatic N) is 3. The fourth-order valence-corrected chi connectivity index (χ4v) is 3.77. The van der Waals surface area contributed by atoms with Crippen molar-refractivity contribution in [3.05, 3.63) is 52.6 Å². The molecule has 3 rings (SSSR count). The van der Waals surface area contributed by atoms with Crippen molar-refractivity contribution >= 4 is 12.0 Å². The third kappa shape index (κ3) is 4.14. The lowest BCUT2D eigenvalue weighted by Crippen LogP contribution is -2.41. The maximum absolute atomic E-state index is 13.2. The highest BCUT2D eigenvalue weighted by atomic mass is 19.1. The number of amides is 1. The summed E-state index contributed by atoms with van der Waals surface area (Å²) in [6.07, 6.45) is 5.94. The molecule has 0 saturated heterocycles. The third-order valence-corrected chi connectivity index (χ3v) is 5.50. The van der Waals surface area contributed by atoms with Gasteiger partial charge in [0.1, 0.15) is 17.5 Å². The predicted molar refractivity (Wildman–Crippen MR) is 106 cm³/mol. The van der Waals surface area contributed by atoms with Gasteiger partial charge >= 0.3 is 0 Å². The van der Waals surface area contributed by atoms with Crippen LogP contribution >= 0.6 is 0 Å². The maximum atomic E-state index is 13.2. The van der Waals surface area contributed by atoms with E-state index < -0.39 is 0 Å². The van der Waals surface area contributed by atoms with Crippen LogP contribution in [0.3, 0.4) is 0 Å². The second kappa shape index (κ2) is 8.39. The Morgan fingerprint density at radius 2 is 1.96 bits per heavy atom. The number of hydrogen-bond acceptors (Lipinski definition) is 3. The number of carbonyl (C=O) groups excluding carboxylic acids is 1. The zero-order valence-electron chi connectivity index (χ0n) is 16.5. The highest BCUT2D eigenvalue weighted by Crippen LogP contribution is 2.25. The first-order chi connectivity index (χ1) is 13.4. The maximum Gasteiger partial charge on any atom is 0.262 e. The standard InChI is InChI=1S/C22H25FN4O/c1-14-6-4-5-7-21(14)25-22(28)17(13-24)12-20-15(2)26-27(16(20)3)19-10-8-18(23)9-11-19/h8-12,14,21H,4-7H2,1-3H3,(H,25,28)/b17-12+/t14-,21-/m1/s1. The summed E-state index contributed by atoms with van der Waals surface area (Å²) in [6.45, 7) is 5.83. The highest BCUT2D eigenvalue weighted by molar-refractivity contribution is 6.02. The fraction of sp³-hybridized carbons (Fsp3) is 0.409. The first-order valence-electron chi connectivity index (χ1n) is 9.65. The van der Waals surface area contributed by atoms with Gasteiger partial charge in [0, 0.05) is 17.3 Å². The van der Waals surface area contributed by atoms with E-state index in [-0.39, 0.29) is 23.3 Å². The number of hydrogen-bond donors (Lipinski definition) is 1. The van der Waals surface area contributed by atoms with Gasteiger partial charge in [0.05, 0.1) is 11.4 Å². The molecule has 2 aromatic rings. The van der Waals surface area contributed by atoms with Gasteiger partial charge in [-0.15, -0.1) is 0 Å². The number of nitriles is 1. The molecule has 1 aliphatic carbocycles. The molecule has 1 heterocycles. The first kappa shape index (κ1) is 19.8. The average Bonchev–Trinajstić information content (AvgIpc) is 2.96. The lowest BCUT2D eigenvalue weighted by molar-refractivity contribution is -0.118. The van der Waals surface area contributed by atoms with Gasteiger partial charge in [0.2, 0.25) is 0 Å². The number of carbonyl (C=O) groups is 1. The molecule has 0 radical (unpaired) electrons. The molecule has 1 aliphatic rings. The minimum atomic E-state index is -0.338. The summed E-state index contributed by atoms with van der Waals surface area (Å²) in [6, 6.07) is 8.18. The van der Waals surface area contributed by atoms with Gasteiger partial charge in [-0.2, -0.15) is 10.4 Å². The Hall–Kier alpha value is -2.94. The molecule has 1 N–H and O–H groups in total. The van der Waals surface area contributed by atoms with Crippen molar-refractivity contribution in [2.75, 3.05) is 0 Å². The van der Waals surface area contributed by atoms with Crippen LogP contribution in [0.2, 0.25) is 0 Å². The van der Waals surface area contributed by atoms with Gasteiger partial charge in [0.25, 0.3) is 5.91 Å². The van der Waals surface area contributed by atoms with Crippen LogP contribution in [0.4, 0.5) is 4.39 Å². The van der Waals surface area contributed by atoms with Crippen molar-refractivity contribution in [1.82, 2.24) is 15.1 Å². The molecule has 1 aromatic carbocycles. The Balaban J connectivity index is 1.87. The van der Waals surface area contributed by atoms with E-state index in [1.165, 1.54) is 18.6 Å². The lowest BCUT2D eigenvalue weighted by Gasteiger charge is -2.29. The number of nitrogens with one attached hydrogen (secondary N) is 1. The third-order valence-electron chi connectivity index (χ3n) is 5.50. The number of aryl methyl sites for hydroxylation is 1. The van der Waals surface area contributed by atoms with Gasteiger partial charge in [-0.3, -0.25) is 4.79 Å². The van der Waals surface area contributed by atoms with E-state index in [1.54, 1.807) is 22.9 Å². The fourth-order valence-electron chi connectivity index (χ4n) is 3.77. The second-order valence-corrected chi connectivity index (χ2v) is 7.48. The zero-order valence-corrected chi connectivity index (χ0v) is 16.5. The second-order valence-electron chi connectivity index (χ2n) is 7.48. The van der Waals surface area contributed by atoms with Crippen molar-refractivity contribution in [2.24, 2.45) is 5.92 Å². The summed E-state index contributed by atoms with van der Waals surface area (Å²) in [7, 11) is 0. The molecule has 146 valence electrons. The minimum absolute atomic E-state index is 0.0719. The van der Waals surface area contributed by atoms with Crippen LogP contribution in [0.15, 0.2) is 29.8 Å². The summed E-state index contributed by atoms with van der Waals surface area (Å²) < 4.78 is 14.9. The number of rotatable bonds is 4. The molecule has 2 atom stereocenters. The molecule has 0 unspecified atom stereocenters. The van der Waals surface area contributed by atoms with E-state index >= 15 is 0 Å². The Kier molecular flexibility index (Phi) is 5.93. The summed E-state index contributed by atoms with van der Waals surface area (Å²) in [5.41, 5.74) is 3.01. The van der Waals surface area contributed by atoms with Gasteiger partial charge in [-0.05, 0) is 62.9 Å². The molecule has 1 aromatic heterocycles. The van der Waals surface area contributed by atoms with Crippen LogP contribution in [-0.4, -0.2) is 21.7 Å². The molecule has 0 bridgehead atoms. The lowest BCUT2D eigenvalue weighted by atomic mass is 9.86. The molecule has 1 fully saturated rings. The summed E-state index contributed by atoms with van der Waals surface area (Å²) in [5, 5.41) is 17.1. The smallest absolute Gasteiger partial charge is 0.262 e. The first-order valence-corrected chi connectivity index (χ1v) is 9.65. The molecule has 5 nitrogen and oxygen atoms in total. The zero-order chi connectivity index (χ0) is 20.3. The van der Waals surface area contributed by atoms with E-state index in [0.29, 0.717) is 11.6 Å². The molecular formula is C22H25FN4O. The number of benzene rings is 1. The van der Waals surface area contributed by atoms with E-state index in [1.807, 2.05) is 19.9 Å². The van der Waals surface area contributed by atoms with Gasteiger partial charge in [0.15, 0.2) is 0 Å². The van der Waals surface area contributed by atoms with Crippen LogP contribution in [-0.2, 0) is 4.79 Å². The SMILES string of the molecule is Cc1nn(-c2ccc(F)cc2)c(C)c1/C=C(\C#N)C(=O)N[C@@H]1CCCC[C@H]1C. The molecular weight excluding hydrogens is 355 g/mol. The number of halogens is 1. The van der Waals surface area contributed by atoms with Crippen molar-refractivity contribution in [2.45, 2.75) is 52.5 Å². The van der Waals surface area contributed by atoms with E-state index in [9.17, 15) is 14.4 Å². The Bertz CT molecular complexity index is 937. The van der Waals surface area contributed by atoms with Crippen molar-refractivity contribution < 1.29 is 9.18 Å². The summed E-state index contributed by atoms with van der Waals surface area (Å²) in [5.74, 6) is -0.234. The van der Waals surface area contributed by atoms with E-state index in [0.717, 1.165) is 36.2 Å². The molecule has 1 amide bonds. The van der Waals surface area contributed by atoms with E-state index in [4.69, 9.17) is 0 Å². The van der Waals surface area contributed by atoms with Crippen LogP contribution in [0, 0.1) is 36.9 Å². The van der Waals surface area contributed by atoms with Gasteiger partial charge in [-0.1, -0.05) is 19.8 Å². The predicted octanol–water partition coefficient (Wildman–Crippen LogP) is 4.23.